The Balaban J connectivity index is 2.45. The van der Waals surface area contributed by atoms with Gasteiger partial charge in [0.2, 0.25) is 5.95 Å². The van der Waals surface area contributed by atoms with Crippen molar-refractivity contribution in [1.82, 2.24) is 9.55 Å². The van der Waals surface area contributed by atoms with Crippen LogP contribution in [0.4, 0.5) is 19.1 Å². The first-order valence-electron chi connectivity index (χ1n) is 6.11. The Morgan fingerprint density at radius 1 is 1.43 bits per heavy atom. The number of imidazole rings is 1. The van der Waals surface area contributed by atoms with Crippen LogP contribution in [0, 0.1) is 6.92 Å². The van der Waals surface area contributed by atoms with Crippen molar-refractivity contribution >= 4 is 17.5 Å². The van der Waals surface area contributed by atoms with Gasteiger partial charge in [-0.1, -0.05) is 17.7 Å². The van der Waals surface area contributed by atoms with Gasteiger partial charge < -0.3 is 5.32 Å². The van der Waals surface area contributed by atoms with Crippen molar-refractivity contribution in [3.8, 4) is 5.69 Å². The van der Waals surface area contributed by atoms with Crippen molar-refractivity contribution in [2.75, 3.05) is 11.9 Å². The number of benzene rings is 1. The molecule has 0 atom stereocenters. The predicted molar refractivity (Wildman–Crippen MR) is 77.0 cm³/mol. The Labute approximate surface area is 125 Å². The van der Waals surface area contributed by atoms with Crippen LogP contribution in [-0.4, -0.2) is 16.1 Å². The molecule has 1 aromatic heterocycles. The first-order chi connectivity index (χ1) is 9.82. The van der Waals surface area contributed by atoms with Crippen LogP contribution in [-0.2, 0) is 6.18 Å². The lowest BCUT2D eigenvalue weighted by Crippen LogP contribution is -2.08. The van der Waals surface area contributed by atoms with E-state index in [9.17, 15) is 13.2 Å². The number of rotatable bonds is 4. The maximum absolute atomic E-state index is 12.7. The molecule has 0 saturated carbocycles. The molecular formula is C14H13ClF3N3. The molecule has 0 bridgehead atoms. The molecule has 2 aromatic rings. The molecule has 7 heteroatoms. The Kier molecular flexibility index (Phi) is 4.27. The summed E-state index contributed by atoms with van der Waals surface area (Å²) in [6.45, 7) is 5.86. The van der Waals surface area contributed by atoms with Crippen molar-refractivity contribution in [3.05, 3.63) is 53.3 Å². The lowest BCUT2D eigenvalue weighted by Gasteiger charge is -2.13. The number of aryl methyl sites for hydroxylation is 1. The molecule has 2 rings (SSSR count). The van der Waals surface area contributed by atoms with Gasteiger partial charge in [0.1, 0.15) is 0 Å². The molecule has 0 aliphatic carbocycles. The van der Waals surface area contributed by atoms with Gasteiger partial charge in [-0.15, -0.1) is 6.58 Å². The largest absolute Gasteiger partial charge is 0.416 e. The summed E-state index contributed by atoms with van der Waals surface area (Å²) in [4.78, 5) is 4.26. The van der Waals surface area contributed by atoms with Crippen LogP contribution in [0.25, 0.3) is 5.69 Å². The number of hydrogen-bond donors (Lipinski definition) is 1. The molecular weight excluding hydrogens is 303 g/mol. The van der Waals surface area contributed by atoms with Gasteiger partial charge in [0, 0.05) is 12.7 Å². The highest BCUT2D eigenvalue weighted by Gasteiger charge is 2.31. The lowest BCUT2D eigenvalue weighted by molar-refractivity contribution is -0.137. The van der Waals surface area contributed by atoms with Crippen LogP contribution in [0.3, 0.4) is 0 Å². The zero-order valence-corrected chi connectivity index (χ0v) is 12.0. The molecule has 21 heavy (non-hydrogen) atoms. The molecule has 1 heterocycles. The number of alkyl halides is 3. The number of nitrogens with zero attached hydrogens (tertiary/aromatic N) is 2. The van der Waals surface area contributed by atoms with E-state index in [2.05, 4.69) is 16.9 Å². The third-order valence-electron chi connectivity index (χ3n) is 2.77. The van der Waals surface area contributed by atoms with Gasteiger partial charge in [0.05, 0.1) is 22.0 Å². The zero-order chi connectivity index (χ0) is 15.6. The maximum Gasteiger partial charge on any atom is 0.416 e. The Bertz CT molecular complexity index is 662. The first-order valence-corrected chi connectivity index (χ1v) is 6.48. The molecule has 1 N–H and O–H groups in total. The fourth-order valence-corrected chi connectivity index (χ4v) is 2.12. The summed E-state index contributed by atoms with van der Waals surface area (Å²) < 4.78 is 39.6. The van der Waals surface area contributed by atoms with Crippen LogP contribution in [0.1, 0.15) is 11.3 Å². The highest BCUT2D eigenvalue weighted by molar-refractivity contribution is 6.32. The van der Waals surface area contributed by atoms with Crippen molar-refractivity contribution in [2.24, 2.45) is 0 Å². The highest BCUT2D eigenvalue weighted by Crippen LogP contribution is 2.34. The number of aromatic nitrogens is 2. The average Bonchev–Trinajstić information content (AvgIpc) is 2.76. The summed E-state index contributed by atoms with van der Waals surface area (Å²) in [6, 6.07) is 3.22. The van der Waals surface area contributed by atoms with Crippen molar-refractivity contribution in [3.63, 3.8) is 0 Å². The number of anilines is 1. The van der Waals surface area contributed by atoms with Gasteiger partial charge in [0.25, 0.3) is 0 Å². The molecule has 0 spiro atoms. The lowest BCUT2D eigenvalue weighted by atomic mass is 10.2. The summed E-state index contributed by atoms with van der Waals surface area (Å²) >= 11 is 5.99. The van der Waals surface area contributed by atoms with E-state index in [1.165, 1.54) is 6.07 Å². The van der Waals surface area contributed by atoms with E-state index >= 15 is 0 Å². The summed E-state index contributed by atoms with van der Waals surface area (Å²) in [5.74, 6) is 0.494. The Morgan fingerprint density at radius 2 is 2.14 bits per heavy atom. The van der Waals surface area contributed by atoms with E-state index in [4.69, 9.17) is 11.6 Å². The summed E-state index contributed by atoms with van der Waals surface area (Å²) in [5, 5.41) is 3.01. The SMILES string of the molecule is C=CCNc1nc(C)cn1-c1ccc(C(F)(F)F)cc1Cl. The second-order valence-electron chi connectivity index (χ2n) is 4.41. The zero-order valence-electron chi connectivity index (χ0n) is 11.2. The smallest absolute Gasteiger partial charge is 0.352 e. The topological polar surface area (TPSA) is 29.9 Å². The summed E-state index contributed by atoms with van der Waals surface area (Å²) in [6.07, 6.45) is -1.07. The molecule has 1 aromatic carbocycles. The molecule has 0 aliphatic heterocycles. The van der Waals surface area contributed by atoms with Gasteiger partial charge in [-0.25, -0.2) is 4.98 Å². The Morgan fingerprint density at radius 3 is 2.71 bits per heavy atom. The minimum atomic E-state index is -4.42. The van der Waals surface area contributed by atoms with E-state index in [0.29, 0.717) is 18.2 Å². The van der Waals surface area contributed by atoms with E-state index in [0.717, 1.165) is 17.8 Å². The fraction of sp³-hybridized carbons (Fsp3) is 0.214. The quantitative estimate of drug-likeness (QED) is 0.845. The van der Waals surface area contributed by atoms with E-state index in [1.807, 2.05) is 0 Å². The molecule has 0 unspecified atom stereocenters. The number of hydrogen-bond acceptors (Lipinski definition) is 2. The van der Waals surface area contributed by atoms with Crippen LogP contribution in [0.2, 0.25) is 5.02 Å². The minimum Gasteiger partial charge on any atom is -0.352 e. The third-order valence-corrected chi connectivity index (χ3v) is 3.07. The van der Waals surface area contributed by atoms with Crippen LogP contribution in [0.5, 0.6) is 0 Å². The van der Waals surface area contributed by atoms with Gasteiger partial charge >= 0.3 is 6.18 Å². The van der Waals surface area contributed by atoms with Crippen molar-refractivity contribution < 1.29 is 13.2 Å². The fourth-order valence-electron chi connectivity index (χ4n) is 1.85. The second-order valence-corrected chi connectivity index (χ2v) is 4.82. The van der Waals surface area contributed by atoms with Crippen molar-refractivity contribution in [2.45, 2.75) is 13.1 Å². The van der Waals surface area contributed by atoms with Crippen LogP contribution >= 0.6 is 11.6 Å². The van der Waals surface area contributed by atoms with Gasteiger partial charge in [-0.05, 0) is 25.1 Å². The Hall–Kier alpha value is -1.95. The van der Waals surface area contributed by atoms with E-state index in [-0.39, 0.29) is 5.02 Å². The molecule has 0 saturated heterocycles. The summed E-state index contributed by atoms with van der Waals surface area (Å²) in [7, 11) is 0. The molecule has 3 nitrogen and oxygen atoms in total. The standard InChI is InChI=1S/C14H13ClF3N3/c1-3-6-19-13-20-9(2)8-21(13)12-5-4-10(7-11(12)15)14(16,17)18/h3-5,7-8H,1,6H2,2H3,(H,19,20). The first kappa shape index (κ1) is 15.4. The molecule has 112 valence electrons. The number of halogens is 4. The molecule has 0 amide bonds. The second kappa shape index (κ2) is 5.81. The summed E-state index contributed by atoms with van der Waals surface area (Å²) in [5.41, 5.74) is 0.364. The van der Waals surface area contributed by atoms with Gasteiger partial charge in [-0.2, -0.15) is 13.2 Å². The molecule has 0 radical (unpaired) electrons. The average molecular weight is 316 g/mol. The molecule has 0 aliphatic rings. The normalized spacial score (nSPS) is 11.5. The van der Waals surface area contributed by atoms with Crippen LogP contribution < -0.4 is 5.32 Å². The maximum atomic E-state index is 12.7. The molecule has 0 fully saturated rings. The van der Waals surface area contributed by atoms with Gasteiger partial charge in [0.15, 0.2) is 0 Å². The van der Waals surface area contributed by atoms with Gasteiger partial charge in [-0.3, -0.25) is 4.57 Å². The monoisotopic (exact) mass is 315 g/mol. The van der Waals surface area contributed by atoms with Crippen LogP contribution in [0.15, 0.2) is 37.1 Å². The minimum absolute atomic E-state index is 0.00359. The highest BCUT2D eigenvalue weighted by atomic mass is 35.5. The van der Waals surface area contributed by atoms with Crippen molar-refractivity contribution in [1.29, 1.82) is 0 Å². The van der Waals surface area contributed by atoms with E-state index in [1.54, 1.807) is 23.8 Å². The third kappa shape index (κ3) is 3.39. The van der Waals surface area contributed by atoms with E-state index < -0.39 is 11.7 Å². The predicted octanol–water partition coefficient (Wildman–Crippen LogP) is 4.45. The number of nitrogens with one attached hydrogen (secondary N) is 1.